The lowest BCUT2D eigenvalue weighted by Gasteiger charge is -2.27. The first-order chi connectivity index (χ1) is 16.7. The fraction of sp³-hybridized carbons (Fsp3) is 0.385. The van der Waals surface area contributed by atoms with E-state index >= 15 is 0 Å². The number of anilines is 1. The van der Waals surface area contributed by atoms with E-state index in [1.807, 2.05) is 0 Å². The molecule has 0 radical (unpaired) electrons. The maximum absolute atomic E-state index is 13.3. The Bertz CT molecular complexity index is 1180. The number of hydrogen-bond donors (Lipinski definition) is 2. The number of aliphatic hydroxyl groups is 1. The van der Waals surface area contributed by atoms with Gasteiger partial charge in [0.25, 0.3) is 5.91 Å². The predicted octanol–water partition coefficient (Wildman–Crippen LogP) is 4.53. The number of rotatable bonds is 4. The average Bonchev–Trinajstić information content (AvgIpc) is 3.57. The van der Waals surface area contributed by atoms with Crippen LogP contribution in [0.3, 0.4) is 0 Å². The van der Waals surface area contributed by atoms with Gasteiger partial charge in [-0.3, -0.25) is 4.79 Å². The molecule has 182 valence electrons. The molecule has 6 nitrogen and oxygen atoms in total. The normalized spacial score (nSPS) is 18.4. The molecule has 1 saturated heterocycles. The van der Waals surface area contributed by atoms with Crippen LogP contribution in [0.15, 0.2) is 42.5 Å². The molecule has 1 atom stereocenters. The quantitative estimate of drug-likeness (QED) is 0.622. The minimum Gasteiger partial charge on any atom is -0.369 e. The third kappa shape index (κ3) is 5.49. The molecule has 1 amide bonds. The highest BCUT2D eigenvalue weighted by atomic mass is 19.4. The minimum atomic E-state index is -4.77. The number of amides is 1. The van der Waals surface area contributed by atoms with Crippen LogP contribution < -0.4 is 5.32 Å². The Morgan fingerprint density at radius 2 is 1.71 bits per heavy atom. The first kappa shape index (κ1) is 24.7. The number of carbonyl (C=O) groups is 1. The van der Waals surface area contributed by atoms with E-state index in [2.05, 4.69) is 17.2 Å². The number of halogens is 3. The number of benzene rings is 2. The lowest BCUT2D eigenvalue weighted by molar-refractivity contribution is -0.138. The lowest BCUT2D eigenvalue weighted by atomic mass is 9.85. The van der Waals surface area contributed by atoms with Crippen LogP contribution in [-0.4, -0.2) is 29.8 Å². The monoisotopic (exact) mass is 484 g/mol. The van der Waals surface area contributed by atoms with Gasteiger partial charge < -0.3 is 19.9 Å². The molecular weight excluding hydrogens is 461 g/mol. The highest BCUT2D eigenvalue weighted by Crippen LogP contribution is 2.36. The number of nitrogens with zero attached hydrogens (tertiary/aromatic N) is 1. The van der Waals surface area contributed by atoms with Crippen LogP contribution in [0.5, 0.6) is 0 Å². The molecule has 1 saturated carbocycles. The number of nitriles is 1. The highest BCUT2D eigenvalue weighted by molar-refractivity contribution is 6.00. The Labute approximate surface area is 200 Å². The second-order valence-electron chi connectivity index (χ2n) is 8.52. The van der Waals surface area contributed by atoms with Gasteiger partial charge in [0, 0.05) is 22.7 Å². The molecule has 2 N–H and O–H groups in total. The van der Waals surface area contributed by atoms with E-state index in [0.29, 0.717) is 37.7 Å². The molecule has 9 heteroatoms. The summed E-state index contributed by atoms with van der Waals surface area (Å²) in [6, 6.07) is 11.4. The maximum Gasteiger partial charge on any atom is 0.417 e. The van der Waals surface area contributed by atoms with Crippen molar-refractivity contribution in [2.24, 2.45) is 5.92 Å². The van der Waals surface area contributed by atoms with Crippen molar-refractivity contribution in [1.82, 2.24) is 0 Å². The maximum atomic E-state index is 13.3. The highest BCUT2D eigenvalue weighted by Gasteiger charge is 2.44. The van der Waals surface area contributed by atoms with Crippen LogP contribution in [0, 0.1) is 29.1 Å². The summed E-state index contributed by atoms with van der Waals surface area (Å²) in [6.07, 6.45) is -2.45. The summed E-state index contributed by atoms with van der Waals surface area (Å²) >= 11 is 0. The summed E-state index contributed by atoms with van der Waals surface area (Å²) in [5.74, 6) is 4.16. The van der Waals surface area contributed by atoms with Crippen LogP contribution in [-0.2, 0) is 20.4 Å². The SMILES string of the molecule is N#Cc1ccc(NC(=O)C(O)(C#Cc2ccc(C3OCCO3)cc2)C2CCCC2)cc1C(F)(F)F. The molecule has 2 aromatic rings. The van der Waals surface area contributed by atoms with Gasteiger partial charge in [0.2, 0.25) is 5.60 Å². The molecule has 2 aromatic carbocycles. The number of alkyl halides is 3. The van der Waals surface area contributed by atoms with Crippen molar-refractivity contribution in [2.75, 3.05) is 18.5 Å². The molecule has 1 aliphatic carbocycles. The Kier molecular flexibility index (Phi) is 7.13. The van der Waals surface area contributed by atoms with Gasteiger partial charge in [-0.2, -0.15) is 18.4 Å². The predicted molar refractivity (Wildman–Crippen MR) is 120 cm³/mol. The van der Waals surface area contributed by atoms with Crippen LogP contribution in [0.1, 0.15) is 54.2 Å². The number of hydrogen-bond acceptors (Lipinski definition) is 5. The van der Waals surface area contributed by atoms with Crippen molar-refractivity contribution in [3.63, 3.8) is 0 Å². The Hall–Kier alpha value is -3.37. The van der Waals surface area contributed by atoms with E-state index in [-0.39, 0.29) is 5.69 Å². The number of nitrogens with one attached hydrogen (secondary N) is 1. The molecule has 2 fully saturated rings. The second kappa shape index (κ2) is 10.1. The minimum absolute atomic E-state index is 0.180. The summed E-state index contributed by atoms with van der Waals surface area (Å²) < 4.78 is 50.9. The molecule has 1 heterocycles. The molecule has 4 rings (SSSR count). The van der Waals surface area contributed by atoms with Gasteiger partial charge in [-0.05, 0) is 43.2 Å². The van der Waals surface area contributed by atoms with Gasteiger partial charge in [-0.1, -0.05) is 36.8 Å². The average molecular weight is 484 g/mol. The Morgan fingerprint density at radius 1 is 1.06 bits per heavy atom. The first-order valence-electron chi connectivity index (χ1n) is 11.2. The molecule has 1 unspecified atom stereocenters. The topological polar surface area (TPSA) is 91.6 Å². The molecule has 0 spiro atoms. The molecule has 0 bridgehead atoms. The zero-order valence-corrected chi connectivity index (χ0v) is 18.7. The fourth-order valence-corrected chi connectivity index (χ4v) is 4.31. The van der Waals surface area contributed by atoms with E-state index in [0.717, 1.165) is 24.5 Å². The Balaban J connectivity index is 1.59. The fourth-order valence-electron chi connectivity index (χ4n) is 4.31. The van der Waals surface area contributed by atoms with E-state index in [1.54, 1.807) is 24.3 Å². The van der Waals surface area contributed by atoms with Crippen LogP contribution in [0.2, 0.25) is 0 Å². The molecule has 0 aromatic heterocycles. The van der Waals surface area contributed by atoms with Crippen LogP contribution >= 0.6 is 0 Å². The number of ether oxygens (including phenoxy) is 2. The van der Waals surface area contributed by atoms with Gasteiger partial charge in [0.05, 0.1) is 30.4 Å². The molecule has 1 aliphatic heterocycles. The van der Waals surface area contributed by atoms with E-state index in [1.165, 1.54) is 12.1 Å². The van der Waals surface area contributed by atoms with Gasteiger partial charge in [0.1, 0.15) is 0 Å². The van der Waals surface area contributed by atoms with Gasteiger partial charge >= 0.3 is 6.18 Å². The third-order valence-electron chi connectivity index (χ3n) is 6.20. The molecule has 2 aliphatic rings. The largest absolute Gasteiger partial charge is 0.417 e. The van der Waals surface area contributed by atoms with Crippen molar-refractivity contribution in [2.45, 2.75) is 43.8 Å². The smallest absolute Gasteiger partial charge is 0.369 e. The van der Waals surface area contributed by atoms with Crippen LogP contribution in [0.4, 0.5) is 18.9 Å². The second-order valence-corrected chi connectivity index (χ2v) is 8.52. The van der Waals surface area contributed by atoms with Crippen molar-refractivity contribution < 1.29 is 32.5 Å². The molecular formula is C26H23F3N2O4. The summed E-state index contributed by atoms with van der Waals surface area (Å²) in [5.41, 5.74) is -2.63. The van der Waals surface area contributed by atoms with Crippen molar-refractivity contribution >= 4 is 11.6 Å². The lowest BCUT2D eigenvalue weighted by Crippen LogP contribution is -2.47. The van der Waals surface area contributed by atoms with Gasteiger partial charge in [0.15, 0.2) is 6.29 Å². The van der Waals surface area contributed by atoms with Crippen molar-refractivity contribution in [3.8, 4) is 17.9 Å². The number of carbonyl (C=O) groups excluding carboxylic acids is 1. The van der Waals surface area contributed by atoms with Crippen LogP contribution in [0.25, 0.3) is 0 Å². The molecule has 35 heavy (non-hydrogen) atoms. The third-order valence-corrected chi connectivity index (χ3v) is 6.20. The first-order valence-corrected chi connectivity index (χ1v) is 11.2. The van der Waals surface area contributed by atoms with Crippen molar-refractivity contribution in [3.05, 3.63) is 64.7 Å². The Morgan fingerprint density at radius 3 is 2.31 bits per heavy atom. The van der Waals surface area contributed by atoms with Crippen molar-refractivity contribution in [1.29, 1.82) is 5.26 Å². The summed E-state index contributed by atoms with van der Waals surface area (Å²) in [4.78, 5) is 13.1. The van der Waals surface area contributed by atoms with E-state index in [4.69, 9.17) is 14.7 Å². The van der Waals surface area contributed by atoms with E-state index < -0.39 is 41.0 Å². The zero-order chi connectivity index (χ0) is 25.1. The summed E-state index contributed by atoms with van der Waals surface area (Å²) in [6.45, 7) is 1.03. The van der Waals surface area contributed by atoms with Gasteiger partial charge in [-0.25, -0.2) is 0 Å². The zero-order valence-electron chi connectivity index (χ0n) is 18.7. The standard InChI is InChI=1S/C26H23F3N2O4/c27-26(28,29)22-15-21(10-9-19(22)16-30)31-24(32)25(33,20-3-1-2-4-20)12-11-17-5-7-18(8-6-17)23-34-13-14-35-23/h5-10,15,20,23,33H,1-4,13-14H2,(H,31,32). The van der Waals surface area contributed by atoms with Gasteiger partial charge in [-0.15, -0.1) is 0 Å². The summed E-state index contributed by atoms with van der Waals surface area (Å²) in [7, 11) is 0. The summed E-state index contributed by atoms with van der Waals surface area (Å²) in [5, 5.41) is 22.7. The van der Waals surface area contributed by atoms with E-state index in [9.17, 15) is 23.1 Å².